The van der Waals surface area contributed by atoms with Gasteiger partial charge in [-0.3, -0.25) is 9.59 Å². The van der Waals surface area contributed by atoms with Crippen molar-refractivity contribution >= 4 is 17.5 Å². The van der Waals surface area contributed by atoms with E-state index in [4.69, 9.17) is 9.47 Å². The maximum atomic E-state index is 12.8. The first-order chi connectivity index (χ1) is 12.1. The second kappa shape index (κ2) is 7.87. The largest absolute Gasteiger partial charge is 0.492 e. The molecule has 1 aromatic rings. The SMILES string of the molecule is CCOc1ccccc1N1CC(C(=O)N2CCC(OC)CC2)CC1=O. The Bertz CT molecular complexity index is 626. The molecule has 1 aromatic carbocycles. The minimum absolute atomic E-state index is 0.0164. The van der Waals surface area contributed by atoms with Crippen molar-refractivity contribution in [1.82, 2.24) is 4.90 Å². The number of piperidine rings is 1. The molecular formula is C19H26N2O4. The summed E-state index contributed by atoms with van der Waals surface area (Å²) in [5.74, 6) is 0.477. The minimum Gasteiger partial charge on any atom is -0.492 e. The summed E-state index contributed by atoms with van der Waals surface area (Å²) in [5.41, 5.74) is 0.753. The molecule has 2 aliphatic heterocycles. The molecule has 0 aliphatic carbocycles. The Kier molecular flexibility index (Phi) is 5.58. The topological polar surface area (TPSA) is 59.1 Å². The average Bonchev–Trinajstić information content (AvgIpc) is 3.03. The maximum Gasteiger partial charge on any atom is 0.228 e. The van der Waals surface area contributed by atoms with Gasteiger partial charge in [-0.25, -0.2) is 0 Å². The first kappa shape index (κ1) is 17.7. The number of methoxy groups -OCH3 is 1. The molecule has 2 saturated heterocycles. The number of para-hydroxylation sites is 2. The molecule has 1 atom stereocenters. The number of carbonyl (C=O) groups is 2. The zero-order valence-electron chi connectivity index (χ0n) is 14.9. The van der Waals surface area contributed by atoms with Gasteiger partial charge in [0.2, 0.25) is 11.8 Å². The van der Waals surface area contributed by atoms with E-state index in [0.717, 1.165) is 18.5 Å². The number of nitrogens with zero attached hydrogens (tertiary/aromatic N) is 2. The quantitative estimate of drug-likeness (QED) is 0.819. The van der Waals surface area contributed by atoms with Gasteiger partial charge in [-0.2, -0.15) is 0 Å². The van der Waals surface area contributed by atoms with Gasteiger partial charge < -0.3 is 19.3 Å². The van der Waals surface area contributed by atoms with Crippen LogP contribution in [0.4, 0.5) is 5.69 Å². The van der Waals surface area contributed by atoms with Crippen molar-refractivity contribution in [2.24, 2.45) is 5.92 Å². The van der Waals surface area contributed by atoms with Crippen LogP contribution in [0.2, 0.25) is 0 Å². The van der Waals surface area contributed by atoms with Gasteiger partial charge in [0.1, 0.15) is 5.75 Å². The molecule has 0 radical (unpaired) electrons. The first-order valence-electron chi connectivity index (χ1n) is 8.97. The molecule has 0 aromatic heterocycles. The van der Waals surface area contributed by atoms with Crippen molar-refractivity contribution in [3.63, 3.8) is 0 Å². The molecule has 0 bridgehead atoms. The lowest BCUT2D eigenvalue weighted by atomic mass is 10.0. The zero-order chi connectivity index (χ0) is 17.8. The van der Waals surface area contributed by atoms with Gasteiger partial charge in [-0.15, -0.1) is 0 Å². The lowest BCUT2D eigenvalue weighted by Gasteiger charge is -2.32. The zero-order valence-corrected chi connectivity index (χ0v) is 14.9. The second-order valence-electron chi connectivity index (χ2n) is 6.57. The van der Waals surface area contributed by atoms with Gasteiger partial charge in [0.15, 0.2) is 0 Å². The Morgan fingerprint density at radius 3 is 2.64 bits per heavy atom. The summed E-state index contributed by atoms with van der Waals surface area (Å²) in [5, 5.41) is 0. The van der Waals surface area contributed by atoms with Crippen molar-refractivity contribution < 1.29 is 19.1 Å². The molecule has 1 unspecified atom stereocenters. The Morgan fingerprint density at radius 2 is 1.96 bits per heavy atom. The number of benzene rings is 1. The highest BCUT2D eigenvalue weighted by molar-refractivity contribution is 6.01. The molecule has 6 nitrogen and oxygen atoms in total. The van der Waals surface area contributed by atoms with E-state index in [1.165, 1.54) is 0 Å². The van der Waals surface area contributed by atoms with Crippen LogP contribution in [-0.2, 0) is 14.3 Å². The van der Waals surface area contributed by atoms with Crippen LogP contribution >= 0.6 is 0 Å². The molecule has 0 saturated carbocycles. The fourth-order valence-electron chi connectivity index (χ4n) is 3.63. The highest BCUT2D eigenvalue weighted by atomic mass is 16.5. The van der Waals surface area contributed by atoms with Gasteiger partial charge in [0.25, 0.3) is 0 Å². The third-order valence-electron chi connectivity index (χ3n) is 5.02. The van der Waals surface area contributed by atoms with Crippen LogP contribution in [0.3, 0.4) is 0 Å². The summed E-state index contributed by atoms with van der Waals surface area (Å²) in [4.78, 5) is 28.9. The van der Waals surface area contributed by atoms with Gasteiger partial charge in [-0.1, -0.05) is 12.1 Å². The van der Waals surface area contributed by atoms with Crippen molar-refractivity contribution in [1.29, 1.82) is 0 Å². The van der Waals surface area contributed by atoms with Gasteiger partial charge in [0, 0.05) is 33.2 Å². The lowest BCUT2D eigenvalue weighted by Crippen LogP contribution is -2.44. The fraction of sp³-hybridized carbons (Fsp3) is 0.579. The van der Waals surface area contributed by atoms with E-state index in [-0.39, 0.29) is 30.3 Å². The normalized spacial score (nSPS) is 21.7. The van der Waals surface area contributed by atoms with E-state index < -0.39 is 0 Å². The Morgan fingerprint density at radius 1 is 1.24 bits per heavy atom. The molecule has 136 valence electrons. The number of likely N-dealkylation sites (tertiary alicyclic amines) is 1. The van der Waals surface area contributed by atoms with Crippen LogP contribution in [0.1, 0.15) is 26.2 Å². The highest BCUT2D eigenvalue weighted by Crippen LogP contribution is 2.33. The Balaban J connectivity index is 1.67. The van der Waals surface area contributed by atoms with E-state index in [1.807, 2.05) is 36.1 Å². The third-order valence-corrected chi connectivity index (χ3v) is 5.02. The standard InChI is InChI=1S/C19H26N2O4/c1-3-25-17-7-5-4-6-16(17)21-13-14(12-18(21)22)19(23)20-10-8-15(24-2)9-11-20/h4-7,14-15H,3,8-13H2,1-2H3. The first-order valence-corrected chi connectivity index (χ1v) is 8.97. The number of ether oxygens (including phenoxy) is 2. The number of anilines is 1. The van der Waals surface area contributed by atoms with Crippen LogP contribution in [0.25, 0.3) is 0 Å². The predicted octanol–water partition coefficient (Wildman–Crippen LogP) is 2.08. The van der Waals surface area contributed by atoms with Crippen LogP contribution in [0.15, 0.2) is 24.3 Å². The van der Waals surface area contributed by atoms with E-state index in [1.54, 1.807) is 12.0 Å². The molecule has 2 heterocycles. The number of rotatable bonds is 5. The Hall–Kier alpha value is -2.08. The molecular weight excluding hydrogens is 320 g/mol. The number of carbonyl (C=O) groups excluding carboxylic acids is 2. The summed E-state index contributed by atoms with van der Waals surface area (Å²) in [7, 11) is 1.71. The van der Waals surface area contributed by atoms with Crippen LogP contribution in [-0.4, -0.2) is 56.2 Å². The van der Waals surface area contributed by atoms with Crippen molar-refractivity contribution in [2.45, 2.75) is 32.3 Å². The van der Waals surface area contributed by atoms with Crippen molar-refractivity contribution in [3.05, 3.63) is 24.3 Å². The number of amides is 2. The third kappa shape index (κ3) is 3.79. The molecule has 6 heteroatoms. The monoisotopic (exact) mass is 346 g/mol. The summed E-state index contributed by atoms with van der Waals surface area (Å²) >= 11 is 0. The summed E-state index contributed by atoms with van der Waals surface area (Å²) in [6, 6.07) is 7.50. The lowest BCUT2D eigenvalue weighted by molar-refractivity contribution is -0.138. The maximum absolute atomic E-state index is 12.8. The average molecular weight is 346 g/mol. The van der Waals surface area contributed by atoms with E-state index >= 15 is 0 Å². The number of hydrogen-bond acceptors (Lipinski definition) is 4. The Labute approximate surface area is 148 Å². The molecule has 2 fully saturated rings. The van der Waals surface area contributed by atoms with E-state index in [9.17, 15) is 9.59 Å². The molecule has 0 N–H and O–H groups in total. The van der Waals surface area contributed by atoms with Gasteiger partial charge in [-0.05, 0) is 31.9 Å². The van der Waals surface area contributed by atoms with Gasteiger partial charge >= 0.3 is 0 Å². The summed E-state index contributed by atoms with van der Waals surface area (Å²) < 4.78 is 11.0. The molecule has 3 rings (SSSR count). The van der Waals surface area contributed by atoms with Crippen LogP contribution in [0.5, 0.6) is 5.75 Å². The molecule has 2 aliphatic rings. The minimum atomic E-state index is -0.277. The van der Waals surface area contributed by atoms with Crippen molar-refractivity contribution in [2.75, 3.05) is 38.3 Å². The van der Waals surface area contributed by atoms with E-state index in [0.29, 0.717) is 32.0 Å². The fourth-order valence-corrected chi connectivity index (χ4v) is 3.63. The van der Waals surface area contributed by atoms with Gasteiger partial charge in [0.05, 0.1) is 24.3 Å². The molecule has 2 amide bonds. The van der Waals surface area contributed by atoms with Crippen LogP contribution < -0.4 is 9.64 Å². The summed E-state index contributed by atoms with van der Waals surface area (Å²) in [6.45, 7) is 4.29. The molecule has 0 spiro atoms. The van der Waals surface area contributed by atoms with Crippen molar-refractivity contribution in [3.8, 4) is 5.75 Å². The van der Waals surface area contributed by atoms with Crippen LogP contribution in [0, 0.1) is 5.92 Å². The molecule has 25 heavy (non-hydrogen) atoms. The predicted molar refractivity (Wildman–Crippen MR) is 94.7 cm³/mol. The number of hydrogen-bond donors (Lipinski definition) is 0. The second-order valence-corrected chi connectivity index (χ2v) is 6.57. The smallest absolute Gasteiger partial charge is 0.228 e. The highest BCUT2D eigenvalue weighted by Gasteiger charge is 2.38. The van der Waals surface area contributed by atoms with E-state index in [2.05, 4.69) is 0 Å². The summed E-state index contributed by atoms with van der Waals surface area (Å²) in [6.07, 6.45) is 2.23.